The van der Waals surface area contributed by atoms with E-state index < -0.39 is 6.10 Å². The Balaban J connectivity index is 2.06. The lowest BCUT2D eigenvalue weighted by atomic mass is 10.0. The van der Waals surface area contributed by atoms with Gasteiger partial charge >= 0.3 is 6.03 Å². The third-order valence-electron chi connectivity index (χ3n) is 4.03. The molecule has 0 aromatic heterocycles. The van der Waals surface area contributed by atoms with Gasteiger partial charge in [-0.05, 0) is 43.7 Å². The van der Waals surface area contributed by atoms with Gasteiger partial charge in [-0.3, -0.25) is 0 Å². The number of carbonyl (C=O) groups is 1. The molecule has 2 amide bonds. The van der Waals surface area contributed by atoms with Crippen molar-refractivity contribution >= 4 is 11.7 Å². The number of rotatable bonds is 6. The first kappa shape index (κ1) is 17.8. The van der Waals surface area contributed by atoms with E-state index in [1.54, 1.807) is 36.3 Å². The van der Waals surface area contributed by atoms with Crippen molar-refractivity contribution in [2.75, 3.05) is 19.0 Å². The summed E-state index contributed by atoms with van der Waals surface area (Å²) >= 11 is 0. The van der Waals surface area contributed by atoms with Crippen molar-refractivity contribution in [3.05, 3.63) is 60.2 Å². The van der Waals surface area contributed by atoms with Crippen LogP contribution in [0.4, 0.5) is 10.5 Å². The average molecular weight is 328 g/mol. The van der Waals surface area contributed by atoms with Crippen LogP contribution in [0.1, 0.15) is 25.5 Å². The zero-order valence-corrected chi connectivity index (χ0v) is 14.3. The number of hydrogen-bond acceptors (Lipinski definition) is 3. The molecule has 2 unspecified atom stereocenters. The number of nitrogens with one attached hydrogen (secondary N) is 1. The predicted molar refractivity (Wildman–Crippen MR) is 95.3 cm³/mol. The second kappa shape index (κ2) is 8.36. The van der Waals surface area contributed by atoms with E-state index in [9.17, 15) is 9.90 Å². The molecule has 5 heteroatoms. The van der Waals surface area contributed by atoms with Crippen LogP contribution >= 0.6 is 0 Å². The number of likely N-dealkylation sites (N-methyl/N-ethyl adjacent to an activating group) is 1. The van der Waals surface area contributed by atoms with Crippen LogP contribution in [0.5, 0.6) is 5.75 Å². The molecule has 0 spiro atoms. The lowest BCUT2D eigenvalue weighted by Crippen LogP contribution is -2.44. The SMILES string of the molecule is CCN(C(=O)Nc1ccc(OC)cc1)C(C)C(O)c1ccccc1. The number of aliphatic hydroxyl groups is 1. The van der Waals surface area contributed by atoms with Gasteiger partial charge in [0.2, 0.25) is 0 Å². The Morgan fingerprint density at radius 1 is 1.17 bits per heavy atom. The van der Waals surface area contributed by atoms with Gasteiger partial charge in [-0.2, -0.15) is 0 Å². The zero-order chi connectivity index (χ0) is 17.5. The molecule has 0 saturated carbocycles. The highest BCUT2D eigenvalue weighted by molar-refractivity contribution is 5.89. The van der Waals surface area contributed by atoms with Crippen LogP contribution in [0.15, 0.2) is 54.6 Å². The molecule has 0 saturated heterocycles. The summed E-state index contributed by atoms with van der Waals surface area (Å²) in [6.45, 7) is 4.23. The number of amides is 2. The second-order valence-corrected chi connectivity index (χ2v) is 5.54. The van der Waals surface area contributed by atoms with E-state index in [0.717, 1.165) is 11.3 Å². The number of carbonyl (C=O) groups excluding carboxylic acids is 1. The molecule has 24 heavy (non-hydrogen) atoms. The van der Waals surface area contributed by atoms with E-state index in [1.807, 2.05) is 44.2 Å². The molecule has 0 fully saturated rings. The quantitative estimate of drug-likeness (QED) is 0.850. The first-order valence-corrected chi connectivity index (χ1v) is 8.01. The summed E-state index contributed by atoms with van der Waals surface area (Å²) in [5.41, 5.74) is 1.47. The number of anilines is 1. The van der Waals surface area contributed by atoms with Crippen molar-refractivity contribution < 1.29 is 14.6 Å². The molecule has 128 valence electrons. The van der Waals surface area contributed by atoms with E-state index in [0.29, 0.717) is 12.2 Å². The van der Waals surface area contributed by atoms with E-state index in [-0.39, 0.29) is 12.1 Å². The van der Waals surface area contributed by atoms with Crippen molar-refractivity contribution in [2.45, 2.75) is 26.0 Å². The Labute approximate surface area is 142 Å². The fourth-order valence-corrected chi connectivity index (χ4v) is 2.59. The number of nitrogens with zero attached hydrogens (tertiary/aromatic N) is 1. The molecule has 2 N–H and O–H groups in total. The molecule has 5 nitrogen and oxygen atoms in total. The summed E-state index contributed by atoms with van der Waals surface area (Å²) < 4.78 is 5.11. The van der Waals surface area contributed by atoms with Crippen molar-refractivity contribution in [1.82, 2.24) is 4.90 Å². The number of benzene rings is 2. The summed E-state index contributed by atoms with van der Waals surface area (Å²) in [5.74, 6) is 0.730. The molecule has 2 atom stereocenters. The van der Waals surface area contributed by atoms with Crippen LogP contribution in [0.2, 0.25) is 0 Å². The van der Waals surface area contributed by atoms with Gasteiger partial charge in [0.15, 0.2) is 0 Å². The van der Waals surface area contributed by atoms with Crippen LogP contribution in [0.3, 0.4) is 0 Å². The van der Waals surface area contributed by atoms with Crippen LogP contribution < -0.4 is 10.1 Å². The van der Waals surface area contributed by atoms with Gasteiger partial charge < -0.3 is 20.1 Å². The molecule has 2 aromatic rings. The minimum Gasteiger partial charge on any atom is -0.497 e. The van der Waals surface area contributed by atoms with Gasteiger partial charge in [-0.15, -0.1) is 0 Å². The summed E-state index contributed by atoms with van der Waals surface area (Å²) in [4.78, 5) is 14.2. The third kappa shape index (κ3) is 4.26. The Morgan fingerprint density at radius 2 is 1.79 bits per heavy atom. The maximum absolute atomic E-state index is 12.5. The molecule has 0 aliphatic heterocycles. The highest BCUT2D eigenvalue weighted by atomic mass is 16.5. The van der Waals surface area contributed by atoms with Crippen molar-refractivity contribution in [3.63, 3.8) is 0 Å². The first-order chi connectivity index (χ1) is 11.6. The monoisotopic (exact) mass is 328 g/mol. The lowest BCUT2D eigenvalue weighted by Gasteiger charge is -2.31. The Hall–Kier alpha value is -2.53. The Morgan fingerprint density at radius 3 is 2.33 bits per heavy atom. The topological polar surface area (TPSA) is 61.8 Å². The van der Waals surface area contributed by atoms with Crippen LogP contribution in [-0.2, 0) is 0 Å². The molecule has 0 radical (unpaired) electrons. The van der Waals surface area contributed by atoms with Crippen molar-refractivity contribution in [3.8, 4) is 5.75 Å². The van der Waals surface area contributed by atoms with Gasteiger partial charge in [-0.25, -0.2) is 4.79 Å². The molecule has 2 aromatic carbocycles. The van der Waals surface area contributed by atoms with Gasteiger partial charge in [0.1, 0.15) is 5.75 Å². The number of aliphatic hydroxyl groups excluding tert-OH is 1. The van der Waals surface area contributed by atoms with Crippen molar-refractivity contribution in [2.24, 2.45) is 0 Å². The molecule has 2 rings (SSSR count). The van der Waals surface area contributed by atoms with Gasteiger partial charge in [0.25, 0.3) is 0 Å². The number of methoxy groups -OCH3 is 1. The smallest absolute Gasteiger partial charge is 0.322 e. The normalized spacial score (nSPS) is 13.0. The van der Waals surface area contributed by atoms with Crippen LogP contribution in [-0.4, -0.2) is 35.7 Å². The lowest BCUT2D eigenvalue weighted by molar-refractivity contribution is 0.0804. The molecule has 0 bridgehead atoms. The third-order valence-corrected chi connectivity index (χ3v) is 4.03. The predicted octanol–water partition coefficient (Wildman–Crippen LogP) is 3.67. The van der Waals surface area contributed by atoms with E-state index in [1.165, 1.54) is 0 Å². The zero-order valence-electron chi connectivity index (χ0n) is 14.3. The molecule has 0 aliphatic rings. The highest BCUT2D eigenvalue weighted by Crippen LogP contribution is 2.22. The largest absolute Gasteiger partial charge is 0.497 e. The molecule has 0 aliphatic carbocycles. The Kier molecular flexibility index (Phi) is 6.21. The maximum Gasteiger partial charge on any atom is 0.322 e. The van der Waals surface area contributed by atoms with Gasteiger partial charge in [-0.1, -0.05) is 30.3 Å². The van der Waals surface area contributed by atoms with E-state index in [4.69, 9.17) is 4.74 Å². The summed E-state index contributed by atoms with van der Waals surface area (Å²) in [6, 6.07) is 15.9. The van der Waals surface area contributed by atoms with Crippen LogP contribution in [0.25, 0.3) is 0 Å². The number of ether oxygens (including phenoxy) is 1. The summed E-state index contributed by atoms with van der Waals surface area (Å²) in [6.07, 6.45) is -0.743. The summed E-state index contributed by atoms with van der Waals surface area (Å²) in [5, 5.41) is 13.4. The number of urea groups is 1. The number of hydrogen-bond donors (Lipinski definition) is 2. The molecular formula is C19H24N2O3. The Bertz CT molecular complexity index is 643. The fourth-order valence-electron chi connectivity index (χ4n) is 2.59. The van der Waals surface area contributed by atoms with Gasteiger partial charge in [0.05, 0.1) is 19.3 Å². The van der Waals surface area contributed by atoms with Gasteiger partial charge in [0, 0.05) is 12.2 Å². The first-order valence-electron chi connectivity index (χ1n) is 8.01. The second-order valence-electron chi connectivity index (χ2n) is 5.54. The van der Waals surface area contributed by atoms with Crippen molar-refractivity contribution in [1.29, 1.82) is 0 Å². The fraction of sp³-hybridized carbons (Fsp3) is 0.316. The standard InChI is InChI=1S/C19H24N2O3/c1-4-21(14(2)18(22)15-8-6-5-7-9-15)19(23)20-16-10-12-17(24-3)13-11-16/h5-14,18,22H,4H2,1-3H3,(H,20,23). The maximum atomic E-state index is 12.5. The average Bonchev–Trinajstić information content (AvgIpc) is 2.63. The highest BCUT2D eigenvalue weighted by Gasteiger charge is 2.25. The molecular weight excluding hydrogens is 304 g/mol. The minimum atomic E-state index is -0.743. The van der Waals surface area contributed by atoms with E-state index >= 15 is 0 Å². The summed E-state index contributed by atoms with van der Waals surface area (Å²) in [7, 11) is 1.60. The van der Waals surface area contributed by atoms with E-state index in [2.05, 4.69) is 5.32 Å². The minimum absolute atomic E-state index is 0.245. The molecule has 0 heterocycles. The van der Waals surface area contributed by atoms with Crippen LogP contribution in [0, 0.1) is 0 Å².